The van der Waals surface area contributed by atoms with Gasteiger partial charge in [-0.3, -0.25) is 4.90 Å². The molecule has 2 aromatic heterocycles. The first-order valence-corrected chi connectivity index (χ1v) is 9.59. The number of rotatable bonds is 4. The number of aliphatic hydroxyl groups excluding tert-OH is 1. The van der Waals surface area contributed by atoms with Gasteiger partial charge in [-0.1, -0.05) is 12.1 Å². The minimum atomic E-state index is -4.69. The van der Waals surface area contributed by atoms with Crippen molar-refractivity contribution in [2.24, 2.45) is 0 Å². The summed E-state index contributed by atoms with van der Waals surface area (Å²) in [4.78, 5) is 8.41. The van der Waals surface area contributed by atoms with Gasteiger partial charge in [0.15, 0.2) is 11.3 Å². The molecule has 160 valence electrons. The van der Waals surface area contributed by atoms with Crippen LogP contribution in [0.5, 0.6) is 0 Å². The first kappa shape index (κ1) is 20.5. The second-order valence-electron chi connectivity index (χ2n) is 7.27. The van der Waals surface area contributed by atoms with Crippen LogP contribution in [-0.4, -0.2) is 63.9 Å². The number of alkyl halides is 3. The first-order chi connectivity index (χ1) is 14.3. The molecule has 1 aromatic carbocycles. The molecule has 3 aromatic rings. The maximum atomic E-state index is 13.8. The molecule has 0 radical (unpaired) electrons. The van der Waals surface area contributed by atoms with E-state index in [4.69, 9.17) is 5.11 Å². The summed E-state index contributed by atoms with van der Waals surface area (Å²) in [6.45, 7) is 4.89. The second-order valence-corrected chi connectivity index (χ2v) is 7.27. The molecule has 30 heavy (non-hydrogen) atoms. The number of hydrogen-bond donors (Lipinski definition) is 1. The van der Waals surface area contributed by atoms with Gasteiger partial charge in [0.1, 0.15) is 11.6 Å². The van der Waals surface area contributed by atoms with Crippen LogP contribution in [0.3, 0.4) is 0 Å². The van der Waals surface area contributed by atoms with Gasteiger partial charge in [0, 0.05) is 44.5 Å². The van der Waals surface area contributed by atoms with Crippen LogP contribution in [0, 0.1) is 12.7 Å². The molecule has 1 aliphatic rings. The molecule has 0 spiro atoms. The van der Waals surface area contributed by atoms with Gasteiger partial charge in [-0.05, 0) is 24.6 Å². The van der Waals surface area contributed by atoms with Gasteiger partial charge in [-0.25, -0.2) is 9.37 Å². The van der Waals surface area contributed by atoms with E-state index in [2.05, 4.69) is 15.0 Å². The minimum Gasteiger partial charge on any atom is -0.395 e. The number of hydrogen-bond acceptors (Lipinski definition) is 5. The fourth-order valence-electron chi connectivity index (χ4n) is 3.77. The lowest BCUT2D eigenvalue weighted by Crippen LogP contribution is -2.47. The molecule has 0 aliphatic carbocycles. The van der Waals surface area contributed by atoms with Crippen molar-refractivity contribution in [1.82, 2.24) is 19.5 Å². The summed E-state index contributed by atoms with van der Waals surface area (Å²) in [5.41, 5.74) is -0.358. The highest BCUT2D eigenvalue weighted by molar-refractivity contribution is 5.81. The molecule has 1 fully saturated rings. The third kappa shape index (κ3) is 3.84. The van der Waals surface area contributed by atoms with Crippen LogP contribution in [0.2, 0.25) is 0 Å². The normalized spacial score (nSPS) is 15.9. The Morgan fingerprint density at radius 2 is 1.73 bits per heavy atom. The Morgan fingerprint density at radius 3 is 2.33 bits per heavy atom. The predicted octanol–water partition coefficient (Wildman–Crippen LogP) is 2.98. The Labute approximate surface area is 170 Å². The number of nitrogens with zero attached hydrogens (tertiary/aromatic N) is 5. The van der Waals surface area contributed by atoms with Crippen LogP contribution in [-0.2, 0) is 6.18 Å². The Bertz CT molecular complexity index is 1040. The van der Waals surface area contributed by atoms with Gasteiger partial charge < -0.3 is 10.0 Å². The first-order valence-electron chi connectivity index (χ1n) is 9.59. The molecule has 10 heteroatoms. The van der Waals surface area contributed by atoms with E-state index in [1.807, 2.05) is 4.90 Å². The molecule has 1 N–H and O–H groups in total. The zero-order valence-electron chi connectivity index (χ0n) is 16.3. The smallest absolute Gasteiger partial charge is 0.395 e. The van der Waals surface area contributed by atoms with E-state index in [1.54, 1.807) is 13.0 Å². The highest BCUT2D eigenvalue weighted by Crippen LogP contribution is 2.39. The van der Waals surface area contributed by atoms with Gasteiger partial charge in [0.05, 0.1) is 12.2 Å². The van der Waals surface area contributed by atoms with Crippen molar-refractivity contribution in [1.29, 1.82) is 0 Å². The van der Waals surface area contributed by atoms with Crippen LogP contribution >= 0.6 is 0 Å². The standard InChI is InChI=1S/C20H21F4N5O/c1-13-12-16(28-8-6-27(7-9-28)10-11-30)29-19(25-13)17(18(26-29)20(22,23)24)14-2-4-15(21)5-3-14/h2-5,12,30H,6-11H2,1H3. The van der Waals surface area contributed by atoms with Crippen molar-refractivity contribution < 1.29 is 22.7 Å². The SMILES string of the molecule is Cc1cc(N2CCN(CCO)CC2)n2nc(C(F)(F)F)c(-c3ccc(F)cc3)c2n1. The van der Waals surface area contributed by atoms with Crippen molar-refractivity contribution in [2.75, 3.05) is 44.2 Å². The summed E-state index contributed by atoms with van der Waals surface area (Å²) in [6.07, 6.45) is -4.69. The fourth-order valence-corrected chi connectivity index (χ4v) is 3.77. The molecule has 3 heterocycles. The molecule has 0 atom stereocenters. The van der Waals surface area contributed by atoms with Crippen LogP contribution in [0.15, 0.2) is 30.3 Å². The van der Waals surface area contributed by atoms with Crippen molar-refractivity contribution in [3.05, 3.63) is 47.5 Å². The lowest BCUT2D eigenvalue weighted by atomic mass is 10.1. The van der Waals surface area contributed by atoms with Crippen LogP contribution in [0.4, 0.5) is 23.4 Å². The molecule has 1 aliphatic heterocycles. The molecule has 6 nitrogen and oxygen atoms in total. The van der Waals surface area contributed by atoms with E-state index >= 15 is 0 Å². The second kappa shape index (κ2) is 7.84. The van der Waals surface area contributed by atoms with Gasteiger partial charge in [0.2, 0.25) is 0 Å². The summed E-state index contributed by atoms with van der Waals surface area (Å²) in [5, 5.41) is 13.0. The summed E-state index contributed by atoms with van der Waals surface area (Å²) < 4.78 is 56.1. The van der Waals surface area contributed by atoms with Gasteiger partial charge >= 0.3 is 6.18 Å². The van der Waals surface area contributed by atoms with E-state index in [0.29, 0.717) is 44.2 Å². The van der Waals surface area contributed by atoms with Crippen LogP contribution < -0.4 is 4.90 Å². The zero-order chi connectivity index (χ0) is 21.5. The summed E-state index contributed by atoms with van der Waals surface area (Å²) >= 11 is 0. The quantitative estimate of drug-likeness (QED) is 0.654. The van der Waals surface area contributed by atoms with E-state index in [9.17, 15) is 17.6 Å². The van der Waals surface area contributed by atoms with Gasteiger partial charge in [-0.2, -0.15) is 22.8 Å². The number of fused-ring (bicyclic) bond motifs is 1. The number of anilines is 1. The molecule has 0 amide bonds. The fraction of sp³-hybridized carbons (Fsp3) is 0.400. The van der Waals surface area contributed by atoms with Crippen molar-refractivity contribution in [3.8, 4) is 11.1 Å². The van der Waals surface area contributed by atoms with Crippen molar-refractivity contribution >= 4 is 11.5 Å². The number of aromatic nitrogens is 3. The van der Waals surface area contributed by atoms with E-state index < -0.39 is 17.7 Å². The number of halogens is 4. The topological polar surface area (TPSA) is 56.9 Å². The van der Waals surface area contributed by atoms with Crippen molar-refractivity contribution in [2.45, 2.75) is 13.1 Å². The highest BCUT2D eigenvalue weighted by Gasteiger charge is 2.39. The summed E-state index contributed by atoms with van der Waals surface area (Å²) in [6, 6.07) is 6.57. The number of benzene rings is 1. The van der Waals surface area contributed by atoms with Crippen LogP contribution in [0.25, 0.3) is 16.8 Å². The number of piperazine rings is 1. The molecule has 0 unspecified atom stereocenters. The molecule has 0 saturated carbocycles. The monoisotopic (exact) mass is 423 g/mol. The lowest BCUT2D eigenvalue weighted by Gasteiger charge is -2.35. The molecular weight excluding hydrogens is 402 g/mol. The zero-order valence-corrected chi connectivity index (χ0v) is 16.3. The lowest BCUT2D eigenvalue weighted by molar-refractivity contribution is -0.140. The third-order valence-electron chi connectivity index (χ3n) is 5.21. The largest absolute Gasteiger partial charge is 0.435 e. The summed E-state index contributed by atoms with van der Waals surface area (Å²) in [5.74, 6) is -0.00521. The average Bonchev–Trinajstić information content (AvgIpc) is 3.09. The Hall–Kier alpha value is -2.72. The van der Waals surface area contributed by atoms with Gasteiger partial charge in [0.25, 0.3) is 0 Å². The average molecular weight is 423 g/mol. The Balaban J connectivity index is 1.85. The molecule has 0 bridgehead atoms. The molecule has 1 saturated heterocycles. The number of aryl methyl sites for hydroxylation is 1. The Morgan fingerprint density at radius 1 is 1.07 bits per heavy atom. The number of β-amino-alcohol motifs (C(OH)–C–C–N with tert-alkyl or cyclic N) is 1. The maximum Gasteiger partial charge on any atom is 0.435 e. The van der Waals surface area contributed by atoms with Crippen LogP contribution in [0.1, 0.15) is 11.4 Å². The van der Waals surface area contributed by atoms with Gasteiger partial charge in [-0.15, -0.1) is 0 Å². The summed E-state index contributed by atoms with van der Waals surface area (Å²) in [7, 11) is 0. The Kier molecular flexibility index (Phi) is 5.37. The molecule has 4 rings (SSSR count). The van der Waals surface area contributed by atoms with Crippen molar-refractivity contribution in [3.63, 3.8) is 0 Å². The minimum absolute atomic E-state index is 0.0632. The molecular formula is C20H21F4N5O. The highest BCUT2D eigenvalue weighted by atomic mass is 19.4. The third-order valence-corrected chi connectivity index (χ3v) is 5.21. The predicted molar refractivity (Wildman–Crippen MR) is 104 cm³/mol. The van der Waals surface area contributed by atoms with E-state index in [0.717, 1.165) is 12.1 Å². The maximum absolute atomic E-state index is 13.8. The number of aliphatic hydroxyl groups is 1. The van der Waals surface area contributed by atoms with E-state index in [1.165, 1.54) is 16.6 Å². The van der Waals surface area contributed by atoms with E-state index in [-0.39, 0.29) is 23.4 Å².